The van der Waals surface area contributed by atoms with Crippen LogP contribution in [-0.2, 0) is 25.9 Å². The highest BCUT2D eigenvalue weighted by atomic mass is 32.2. The van der Waals surface area contributed by atoms with Gasteiger partial charge in [-0.2, -0.15) is 9.19 Å². The van der Waals surface area contributed by atoms with Gasteiger partial charge in [-0.25, -0.2) is 22.0 Å². The van der Waals surface area contributed by atoms with Gasteiger partial charge >= 0.3 is 6.09 Å². The Balaban J connectivity index is 1.34. The molecule has 1 N–H and O–H groups in total. The summed E-state index contributed by atoms with van der Waals surface area (Å²) in [6.07, 6.45) is 2.34. The quantitative estimate of drug-likeness (QED) is 0.639. The number of benzene rings is 1. The summed E-state index contributed by atoms with van der Waals surface area (Å²) in [5.41, 5.74) is 1.04. The van der Waals surface area contributed by atoms with Crippen molar-refractivity contribution in [1.82, 2.24) is 19.4 Å². The van der Waals surface area contributed by atoms with E-state index in [0.29, 0.717) is 19.4 Å². The molecule has 2 aromatic rings. The van der Waals surface area contributed by atoms with Gasteiger partial charge in [-0.15, -0.1) is 0 Å². The summed E-state index contributed by atoms with van der Waals surface area (Å²) >= 11 is 0. The highest BCUT2D eigenvalue weighted by molar-refractivity contribution is 7.89. The topological polar surface area (TPSA) is 103 Å². The number of likely N-dealkylation sites (tertiary alicyclic amines) is 1. The molecule has 9 nitrogen and oxygen atoms in total. The van der Waals surface area contributed by atoms with Gasteiger partial charge in [0.2, 0.25) is 0 Å². The van der Waals surface area contributed by atoms with E-state index in [4.69, 9.17) is 9.47 Å². The molecule has 3 heterocycles. The van der Waals surface area contributed by atoms with Crippen molar-refractivity contribution in [3.05, 3.63) is 52.9 Å². The van der Waals surface area contributed by atoms with Gasteiger partial charge < -0.3 is 14.8 Å². The van der Waals surface area contributed by atoms with E-state index in [9.17, 15) is 22.0 Å². The first-order valence-electron chi connectivity index (χ1n) is 12.4. The van der Waals surface area contributed by atoms with Gasteiger partial charge in [0.1, 0.15) is 23.3 Å². The summed E-state index contributed by atoms with van der Waals surface area (Å²) in [5, 5.41) is 6.93. The number of nitrogens with one attached hydrogen (secondary N) is 1. The third-order valence-corrected chi connectivity index (χ3v) is 8.29. The molecule has 2 fully saturated rings. The van der Waals surface area contributed by atoms with Crippen LogP contribution in [0.1, 0.15) is 56.0 Å². The maximum absolute atomic E-state index is 14.7. The monoisotopic (exact) mass is 538 g/mol. The van der Waals surface area contributed by atoms with E-state index < -0.39 is 45.5 Å². The Morgan fingerprint density at radius 1 is 1.22 bits per heavy atom. The first-order chi connectivity index (χ1) is 17.3. The van der Waals surface area contributed by atoms with Crippen molar-refractivity contribution in [2.24, 2.45) is 5.92 Å². The Bertz CT molecular complexity index is 1310. The average molecular weight is 539 g/mol. The molecule has 5 rings (SSSR count). The van der Waals surface area contributed by atoms with Crippen LogP contribution in [0.5, 0.6) is 0 Å². The summed E-state index contributed by atoms with van der Waals surface area (Å²) in [5.74, 6) is -0.791. The maximum atomic E-state index is 14.7. The lowest BCUT2D eigenvalue weighted by atomic mass is 9.92. The van der Waals surface area contributed by atoms with Gasteiger partial charge in [-0.05, 0) is 63.3 Å². The largest absolute Gasteiger partial charge is 0.444 e. The van der Waals surface area contributed by atoms with E-state index in [-0.39, 0.29) is 30.0 Å². The first-order valence-corrected chi connectivity index (χ1v) is 14.2. The second kappa shape index (κ2) is 9.32. The number of fused-ring (bicyclic) bond motifs is 3. The highest BCUT2D eigenvalue weighted by Gasteiger charge is 2.47. The van der Waals surface area contributed by atoms with Gasteiger partial charge in [-0.3, -0.25) is 4.90 Å². The van der Waals surface area contributed by atoms with E-state index in [0.717, 1.165) is 46.3 Å². The Labute approximate surface area is 215 Å². The molecule has 2 aliphatic heterocycles. The van der Waals surface area contributed by atoms with Crippen molar-refractivity contribution in [2.45, 2.75) is 63.3 Å². The second-order valence-corrected chi connectivity index (χ2v) is 13.1. The number of ether oxygens (including phenoxy) is 2. The van der Waals surface area contributed by atoms with E-state index in [1.54, 1.807) is 27.0 Å². The number of alkyl carbamates (subject to hydrolysis) is 1. The molecule has 2 saturated heterocycles. The number of hydrogen-bond donors (Lipinski definition) is 1. The van der Waals surface area contributed by atoms with E-state index in [2.05, 4.69) is 15.3 Å². The summed E-state index contributed by atoms with van der Waals surface area (Å²) in [6.45, 7) is 6.95. The number of hydrogen-bond acceptors (Lipinski definition) is 7. The standard InChI is InChI=1S/C25H32F2N4O5S/c1-25(2,3)36-24(32)29-21-9-16(13-35-23(21)17-8-15(26)5-6-20(17)27)30-11-14-7-22-18(19(14)12-30)10-28-31(22)37(4,33)34/h5-6,8,10,14,16,19,21,23H,7,9,11-13H2,1-4H3,(H,29,32)/t14?,16-,19?,21+,23-/m1/s1. The van der Waals surface area contributed by atoms with Gasteiger partial charge in [-0.1, -0.05) is 0 Å². The zero-order chi connectivity index (χ0) is 26.7. The average Bonchev–Trinajstić information content (AvgIpc) is 3.45. The number of aromatic nitrogens is 2. The van der Waals surface area contributed by atoms with Crippen molar-refractivity contribution < 1.29 is 31.5 Å². The Hall–Kier alpha value is -2.57. The smallest absolute Gasteiger partial charge is 0.407 e. The van der Waals surface area contributed by atoms with Crippen molar-refractivity contribution in [2.75, 3.05) is 26.0 Å². The lowest BCUT2D eigenvalue weighted by Gasteiger charge is -2.40. The van der Waals surface area contributed by atoms with Crippen molar-refractivity contribution >= 4 is 16.1 Å². The molecular formula is C25H32F2N4O5S. The number of rotatable bonds is 4. The molecule has 0 bridgehead atoms. The fourth-order valence-electron chi connectivity index (χ4n) is 5.87. The highest BCUT2D eigenvalue weighted by Crippen LogP contribution is 2.45. The molecule has 0 radical (unpaired) electrons. The maximum Gasteiger partial charge on any atom is 0.407 e. The number of nitrogens with zero attached hydrogens (tertiary/aromatic N) is 3. The Morgan fingerprint density at radius 3 is 2.68 bits per heavy atom. The lowest BCUT2D eigenvalue weighted by Crippen LogP contribution is -2.52. The number of halogens is 2. The van der Waals surface area contributed by atoms with Crippen LogP contribution < -0.4 is 5.32 Å². The zero-order valence-electron chi connectivity index (χ0n) is 21.3. The minimum Gasteiger partial charge on any atom is -0.444 e. The molecule has 5 atom stereocenters. The summed E-state index contributed by atoms with van der Waals surface area (Å²) in [6, 6.07) is 2.48. The van der Waals surface area contributed by atoms with Crippen LogP contribution in [0.4, 0.5) is 13.6 Å². The fourth-order valence-corrected chi connectivity index (χ4v) is 6.67. The Morgan fingerprint density at radius 2 is 1.97 bits per heavy atom. The SMILES string of the molecule is CC(C)(C)OC(=O)N[C@H]1C[C@@H](N2CC3Cc4c(cnn4S(C)(=O)=O)C3C2)CO[C@@H]1c1cc(F)ccc1F. The number of carbonyl (C=O) groups excluding carboxylic acids is 1. The predicted octanol–water partition coefficient (Wildman–Crippen LogP) is 2.96. The molecule has 3 aliphatic rings. The molecule has 1 amide bonds. The van der Waals surface area contributed by atoms with Gasteiger partial charge in [0, 0.05) is 30.6 Å². The number of carbonyl (C=O) groups is 1. The third-order valence-electron chi connectivity index (χ3n) is 7.35. The van der Waals surface area contributed by atoms with E-state index in [1.165, 1.54) is 0 Å². The van der Waals surface area contributed by atoms with Crippen molar-refractivity contribution in [3.63, 3.8) is 0 Å². The molecule has 2 unspecified atom stereocenters. The van der Waals surface area contributed by atoms with Crippen LogP contribution in [0, 0.1) is 17.6 Å². The Kier molecular flexibility index (Phi) is 6.56. The summed E-state index contributed by atoms with van der Waals surface area (Å²) < 4.78 is 65.4. The zero-order valence-corrected chi connectivity index (χ0v) is 22.1. The molecule has 202 valence electrons. The molecule has 1 aromatic heterocycles. The van der Waals surface area contributed by atoms with Gasteiger partial charge in [0.15, 0.2) is 0 Å². The predicted molar refractivity (Wildman–Crippen MR) is 131 cm³/mol. The van der Waals surface area contributed by atoms with Crippen LogP contribution in [0.15, 0.2) is 24.4 Å². The number of amides is 1. The normalized spacial score (nSPS) is 28.1. The molecule has 1 aliphatic carbocycles. The molecule has 0 saturated carbocycles. The van der Waals surface area contributed by atoms with Crippen LogP contribution in [0.25, 0.3) is 0 Å². The van der Waals surface area contributed by atoms with E-state index in [1.807, 2.05) is 0 Å². The third kappa shape index (κ3) is 5.23. The van der Waals surface area contributed by atoms with Crippen molar-refractivity contribution in [3.8, 4) is 0 Å². The molecule has 1 aromatic carbocycles. The van der Waals surface area contributed by atoms with Crippen LogP contribution in [-0.4, -0.2) is 72.2 Å². The van der Waals surface area contributed by atoms with Gasteiger partial charge in [0.05, 0.1) is 30.8 Å². The second-order valence-electron chi connectivity index (χ2n) is 11.2. The molecule has 12 heteroatoms. The van der Waals surface area contributed by atoms with E-state index >= 15 is 0 Å². The summed E-state index contributed by atoms with van der Waals surface area (Å²) in [7, 11) is -3.46. The molecule has 37 heavy (non-hydrogen) atoms. The van der Waals surface area contributed by atoms with Crippen LogP contribution >= 0.6 is 0 Å². The minimum atomic E-state index is -3.46. The first kappa shape index (κ1) is 26.1. The van der Waals surface area contributed by atoms with Crippen molar-refractivity contribution in [1.29, 1.82) is 0 Å². The molecular weight excluding hydrogens is 506 g/mol. The molecule has 0 spiro atoms. The van der Waals surface area contributed by atoms with Crippen LogP contribution in [0.3, 0.4) is 0 Å². The lowest BCUT2D eigenvalue weighted by molar-refractivity contribution is -0.0580. The fraction of sp³-hybridized carbons (Fsp3) is 0.600. The summed E-state index contributed by atoms with van der Waals surface area (Å²) in [4.78, 5) is 14.9. The van der Waals surface area contributed by atoms with Gasteiger partial charge in [0.25, 0.3) is 10.0 Å². The minimum absolute atomic E-state index is 0.0515. The van der Waals surface area contributed by atoms with Crippen LogP contribution in [0.2, 0.25) is 0 Å².